The van der Waals surface area contributed by atoms with Crippen molar-refractivity contribution in [3.8, 4) is 11.5 Å². The minimum absolute atomic E-state index is 0.0920. The van der Waals surface area contributed by atoms with E-state index in [0.29, 0.717) is 17.2 Å². The molecule has 0 aliphatic heterocycles. The van der Waals surface area contributed by atoms with Crippen LogP contribution in [0.1, 0.15) is 21.5 Å². The fourth-order valence-corrected chi connectivity index (χ4v) is 3.32. The number of rotatable bonds is 4. The maximum atomic E-state index is 12.3. The number of aromatic nitrogens is 1. The Bertz CT molecular complexity index is 1320. The van der Waals surface area contributed by atoms with E-state index >= 15 is 0 Å². The molecule has 0 aliphatic carbocycles. The van der Waals surface area contributed by atoms with Crippen LogP contribution in [-0.2, 0) is 0 Å². The normalized spacial score (nSPS) is 10.7. The zero-order valence-corrected chi connectivity index (χ0v) is 18.0. The SMILES string of the molecule is Cc1cc2nc(-c3cccc(NC(=S)NC(=O)c4ccc([N+](=O)[O-])cc4)c3)oc2cc1C. The Hall–Kier alpha value is -4.11. The van der Waals surface area contributed by atoms with Gasteiger partial charge in [-0.1, -0.05) is 6.07 Å². The molecule has 0 aliphatic rings. The molecule has 0 radical (unpaired) electrons. The standard InChI is InChI=1S/C23H18N4O4S/c1-13-10-19-20(11-14(13)2)31-22(25-19)16-4-3-5-17(12-16)24-23(32)26-21(28)15-6-8-18(9-7-15)27(29)30/h3-12H,1-2H3,(H2,24,26,28,32). The lowest BCUT2D eigenvalue weighted by Crippen LogP contribution is -2.34. The van der Waals surface area contributed by atoms with Crippen LogP contribution in [-0.4, -0.2) is 20.9 Å². The van der Waals surface area contributed by atoms with Crippen LogP contribution in [0.15, 0.2) is 65.1 Å². The zero-order chi connectivity index (χ0) is 22.8. The van der Waals surface area contributed by atoms with Gasteiger partial charge in [0.1, 0.15) is 5.52 Å². The number of non-ortho nitro benzene ring substituents is 1. The summed E-state index contributed by atoms with van der Waals surface area (Å²) in [6.07, 6.45) is 0. The molecular weight excluding hydrogens is 428 g/mol. The van der Waals surface area contributed by atoms with E-state index in [0.717, 1.165) is 22.2 Å². The van der Waals surface area contributed by atoms with Crippen molar-refractivity contribution in [1.82, 2.24) is 10.3 Å². The van der Waals surface area contributed by atoms with Crippen molar-refractivity contribution in [3.05, 3.63) is 87.5 Å². The number of fused-ring (bicyclic) bond motifs is 1. The maximum Gasteiger partial charge on any atom is 0.269 e. The molecule has 9 heteroatoms. The first-order valence-corrected chi connectivity index (χ1v) is 10.1. The third-order valence-electron chi connectivity index (χ3n) is 4.94. The van der Waals surface area contributed by atoms with Gasteiger partial charge in [-0.3, -0.25) is 20.2 Å². The number of benzene rings is 3. The van der Waals surface area contributed by atoms with Crippen LogP contribution < -0.4 is 10.6 Å². The van der Waals surface area contributed by atoms with Gasteiger partial charge in [-0.25, -0.2) is 4.98 Å². The summed E-state index contributed by atoms with van der Waals surface area (Å²) in [5.74, 6) is 0.00715. The van der Waals surface area contributed by atoms with Gasteiger partial charge in [0.2, 0.25) is 5.89 Å². The summed E-state index contributed by atoms with van der Waals surface area (Å²) < 4.78 is 5.91. The van der Waals surface area contributed by atoms with Gasteiger partial charge in [-0.2, -0.15) is 0 Å². The number of hydrogen-bond acceptors (Lipinski definition) is 6. The summed E-state index contributed by atoms with van der Waals surface area (Å²) in [4.78, 5) is 27.1. The highest BCUT2D eigenvalue weighted by molar-refractivity contribution is 7.80. The Morgan fingerprint density at radius 1 is 1.06 bits per heavy atom. The van der Waals surface area contributed by atoms with E-state index in [2.05, 4.69) is 15.6 Å². The third kappa shape index (κ3) is 4.47. The molecule has 0 saturated heterocycles. The van der Waals surface area contributed by atoms with Crippen molar-refractivity contribution in [3.63, 3.8) is 0 Å². The maximum absolute atomic E-state index is 12.3. The van der Waals surface area contributed by atoms with E-state index in [1.807, 2.05) is 44.2 Å². The quantitative estimate of drug-likeness (QED) is 0.253. The van der Waals surface area contributed by atoms with E-state index in [9.17, 15) is 14.9 Å². The number of oxazole rings is 1. The van der Waals surface area contributed by atoms with Crippen LogP contribution in [0.4, 0.5) is 11.4 Å². The number of aryl methyl sites for hydroxylation is 2. The van der Waals surface area contributed by atoms with Crippen LogP contribution in [0, 0.1) is 24.0 Å². The first kappa shape index (κ1) is 21.1. The number of hydrogen-bond donors (Lipinski definition) is 2. The highest BCUT2D eigenvalue weighted by Gasteiger charge is 2.13. The van der Waals surface area contributed by atoms with Crippen molar-refractivity contribution in [2.75, 3.05) is 5.32 Å². The van der Waals surface area contributed by atoms with Gasteiger partial charge >= 0.3 is 0 Å². The summed E-state index contributed by atoms with van der Waals surface area (Å²) in [6.45, 7) is 4.05. The van der Waals surface area contributed by atoms with E-state index < -0.39 is 10.8 Å². The van der Waals surface area contributed by atoms with Crippen LogP contribution in [0.25, 0.3) is 22.6 Å². The number of thiocarbonyl (C=S) groups is 1. The van der Waals surface area contributed by atoms with Crippen LogP contribution in [0.3, 0.4) is 0 Å². The molecule has 0 unspecified atom stereocenters. The summed E-state index contributed by atoms with van der Waals surface area (Å²) in [6, 6.07) is 16.5. The number of nitro groups is 1. The molecule has 0 atom stereocenters. The van der Waals surface area contributed by atoms with Crippen molar-refractivity contribution in [1.29, 1.82) is 0 Å². The molecule has 1 heterocycles. The van der Waals surface area contributed by atoms with E-state index in [1.165, 1.54) is 24.3 Å². The number of anilines is 1. The Morgan fingerprint density at radius 3 is 2.50 bits per heavy atom. The number of nitrogens with zero attached hydrogens (tertiary/aromatic N) is 2. The topological polar surface area (TPSA) is 110 Å². The average molecular weight is 446 g/mol. The zero-order valence-electron chi connectivity index (χ0n) is 17.2. The highest BCUT2D eigenvalue weighted by atomic mass is 32.1. The van der Waals surface area contributed by atoms with Crippen molar-refractivity contribution in [2.24, 2.45) is 0 Å². The summed E-state index contributed by atoms with van der Waals surface area (Å²) in [5, 5.41) is 16.3. The van der Waals surface area contributed by atoms with Crippen molar-refractivity contribution in [2.45, 2.75) is 13.8 Å². The molecule has 32 heavy (non-hydrogen) atoms. The van der Waals surface area contributed by atoms with Gasteiger partial charge in [-0.05, 0) is 79.7 Å². The van der Waals surface area contributed by atoms with E-state index in [1.54, 1.807) is 6.07 Å². The highest BCUT2D eigenvalue weighted by Crippen LogP contribution is 2.27. The lowest BCUT2D eigenvalue weighted by molar-refractivity contribution is -0.384. The molecule has 0 spiro atoms. The molecule has 1 amide bonds. The van der Waals surface area contributed by atoms with Crippen LogP contribution in [0.5, 0.6) is 0 Å². The molecule has 0 bridgehead atoms. The Balaban J connectivity index is 1.47. The molecule has 1 aromatic heterocycles. The summed E-state index contributed by atoms with van der Waals surface area (Å²) in [5.41, 5.74) is 5.33. The summed E-state index contributed by atoms with van der Waals surface area (Å²) in [7, 11) is 0. The molecule has 0 fully saturated rings. The van der Waals surface area contributed by atoms with Gasteiger partial charge in [0.15, 0.2) is 10.7 Å². The van der Waals surface area contributed by atoms with Crippen molar-refractivity contribution < 1.29 is 14.1 Å². The van der Waals surface area contributed by atoms with Gasteiger partial charge in [0, 0.05) is 28.9 Å². The lowest BCUT2D eigenvalue weighted by atomic mass is 10.1. The van der Waals surface area contributed by atoms with Gasteiger partial charge in [0.05, 0.1) is 4.92 Å². The van der Waals surface area contributed by atoms with Crippen LogP contribution >= 0.6 is 12.2 Å². The minimum Gasteiger partial charge on any atom is -0.436 e. The monoisotopic (exact) mass is 446 g/mol. The third-order valence-corrected chi connectivity index (χ3v) is 5.14. The van der Waals surface area contributed by atoms with E-state index in [4.69, 9.17) is 16.6 Å². The van der Waals surface area contributed by atoms with Gasteiger partial charge in [-0.15, -0.1) is 0 Å². The van der Waals surface area contributed by atoms with Gasteiger partial charge in [0.25, 0.3) is 11.6 Å². The van der Waals surface area contributed by atoms with E-state index in [-0.39, 0.29) is 16.4 Å². The molecule has 2 N–H and O–H groups in total. The smallest absolute Gasteiger partial charge is 0.269 e. The van der Waals surface area contributed by atoms with Crippen molar-refractivity contribution >= 4 is 45.7 Å². The second-order valence-electron chi connectivity index (χ2n) is 7.22. The first-order valence-electron chi connectivity index (χ1n) is 9.65. The second-order valence-corrected chi connectivity index (χ2v) is 7.62. The number of amides is 1. The molecule has 3 aromatic carbocycles. The Morgan fingerprint density at radius 2 is 1.78 bits per heavy atom. The van der Waals surface area contributed by atoms with Gasteiger partial charge < -0.3 is 9.73 Å². The molecule has 160 valence electrons. The lowest BCUT2D eigenvalue weighted by Gasteiger charge is -2.10. The molecular formula is C23H18N4O4S. The predicted octanol–water partition coefficient (Wildman–Crippen LogP) is 5.15. The second kappa shape index (κ2) is 8.56. The van der Waals surface area contributed by atoms with Crippen LogP contribution in [0.2, 0.25) is 0 Å². The average Bonchev–Trinajstić information content (AvgIpc) is 3.17. The number of nitrogens with one attached hydrogen (secondary N) is 2. The Labute approximate surface area is 188 Å². The minimum atomic E-state index is -0.528. The molecule has 8 nitrogen and oxygen atoms in total. The molecule has 4 aromatic rings. The first-order chi connectivity index (χ1) is 15.3. The summed E-state index contributed by atoms with van der Waals surface area (Å²) >= 11 is 5.23. The number of carbonyl (C=O) groups excluding carboxylic acids is 1. The fourth-order valence-electron chi connectivity index (χ4n) is 3.11. The largest absolute Gasteiger partial charge is 0.436 e. The number of carbonyl (C=O) groups is 1. The molecule has 4 rings (SSSR count). The fraction of sp³-hybridized carbons (Fsp3) is 0.0870. The predicted molar refractivity (Wildman–Crippen MR) is 126 cm³/mol. The molecule has 0 saturated carbocycles. The Kier molecular flexibility index (Phi) is 5.65. The number of nitro benzene ring substituents is 1.